The highest BCUT2D eigenvalue weighted by Gasteiger charge is 2.30. The maximum atomic E-state index is 13.9. The number of fused-ring (bicyclic) bond motifs is 1. The minimum Gasteiger partial charge on any atom is -0.232 e. The lowest BCUT2D eigenvalue weighted by Gasteiger charge is -2.12. The second kappa shape index (κ2) is 7.66. The number of hydrogen-bond donors (Lipinski definition) is 0. The van der Waals surface area contributed by atoms with E-state index in [0.717, 1.165) is 21.4 Å². The van der Waals surface area contributed by atoms with Crippen molar-refractivity contribution in [3.8, 4) is 27.8 Å². The minimum atomic E-state index is -3.94. The Balaban J connectivity index is 1.96. The summed E-state index contributed by atoms with van der Waals surface area (Å²) < 4.78 is 29.1. The lowest BCUT2D eigenvalue weighted by Crippen LogP contribution is -2.14. The zero-order valence-electron chi connectivity index (χ0n) is 15.8. The van der Waals surface area contributed by atoms with Crippen LogP contribution >= 0.6 is 34.3 Å². The molecule has 0 aliphatic carbocycles. The van der Waals surface area contributed by atoms with Crippen molar-refractivity contribution < 1.29 is 8.42 Å². The Morgan fingerprint density at radius 2 is 1.74 bits per heavy atom. The van der Waals surface area contributed by atoms with Gasteiger partial charge in [0.05, 0.1) is 26.5 Å². The number of hydrogen-bond acceptors (Lipinski definition) is 5. The van der Waals surface area contributed by atoms with E-state index in [4.69, 9.17) is 11.6 Å². The van der Waals surface area contributed by atoms with Gasteiger partial charge in [0.15, 0.2) is 0 Å². The van der Waals surface area contributed by atoms with Gasteiger partial charge in [-0.3, -0.25) is 0 Å². The highest BCUT2D eigenvalue weighted by molar-refractivity contribution is 7.90. The average molecular weight is 481 g/mol. The maximum absolute atomic E-state index is 13.9. The molecule has 5 aromatic rings. The van der Waals surface area contributed by atoms with E-state index >= 15 is 0 Å². The molecule has 0 unspecified atom stereocenters. The molecule has 152 valence electrons. The third-order valence-electron chi connectivity index (χ3n) is 4.99. The number of halogens is 1. The number of rotatable bonds is 4. The van der Waals surface area contributed by atoms with Gasteiger partial charge in [-0.1, -0.05) is 35.9 Å². The molecule has 0 fully saturated rings. The van der Waals surface area contributed by atoms with Crippen LogP contribution in [0.2, 0.25) is 5.02 Å². The van der Waals surface area contributed by atoms with Gasteiger partial charge in [0.1, 0.15) is 6.07 Å². The van der Waals surface area contributed by atoms with E-state index in [1.807, 2.05) is 41.1 Å². The Morgan fingerprint density at radius 3 is 2.45 bits per heavy atom. The molecule has 0 bridgehead atoms. The quantitative estimate of drug-likeness (QED) is 0.282. The van der Waals surface area contributed by atoms with Crippen molar-refractivity contribution in [3.05, 3.63) is 87.4 Å². The van der Waals surface area contributed by atoms with Gasteiger partial charge in [0.2, 0.25) is 0 Å². The van der Waals surface area contributed by atoms with Crippen molar-refractivity contribution in [1.29, 1.82) is 5.26 Å². The highest BCUT2D eigenvalue weighted by atomic mass is 35.5. The second-order valence-electron chi connectivity index (χ2n) is 6.75. The SMILES string of the molecule is N#Cc1cscc1-c1c(-c2cccs2)n(S(=O)(=O)c2ccc(Cl)cc2)c2ccccc12. The molecule has 2 aromatic carbocycles. The topological polar surface area (TPSA) is 62.9 Å². The minimum absolute atomic E-state index is 0.146. The summed E-state index contributed by atoms with van der Waals surface area (Å²) in [5.74, 6) is 0. The van der Waals surface area contributed by atoms with Gasteiger partial charge in [0, 0.05) is 32.3 Å². The van der Waals surface area contributed by atoms with Crippen LogP contribution in [0.3, 0.4) is 0 Å². The van der Waals surface area contributed by atoms with Crippen molar-refractivity contribution in [3.63, 3.8) is 0 Å². The molecule has 0 saturated heterocycles. The fourth-order valence-electron chi connectivity index (χ4n) is 3.66. The summed E-state index contributed by atoms with van der Waals surface area (Å²) in [6.07, 6.45) is 0. The second-order valence-corrected chi connectivity index (χ2v) is 10.7. The molecule has 0 saturated carbocycles. The molecule has 0 N–H and O–H groups in total. The molecule has 3 aromatic heterocycles. The fraction of sp³-hybridized carbons (Fsp3) is 0. The van der Waals surface area contributed by atoms with Gasteiger partial charge in [-0.25, -0.2) is 12.4 Å². The predicted molar refractivity (Wildman–Crippen MR) is 127 cm³/mol. The Kier molecular flexibility index (Phi) is 4.95. The Labute approximate surface area is 192 Å². The van der Waals surface area contributed by atoms with Crippen LogP contribution in [-0.2, 0) is 10.0 Å². The van der Waals surface area contributed by atoms with Gasteiger partial charge >= 0.3 is 0 Å². The van der Waals surface area contributed by atoms with Crippen LogP contribution in [0, 0.1) is 11.3 Å². The van der Waals surface area contributed by atoms with Crippen molar-refractivity contribution in [2.24, 2.45) is 0 Å². The van der Waals surface area contributed by atoms with Crippen LogP contribution < -0.4 is 0 Å². The van der Waals surface area contributed by atoms with E-state index in [-0.39, 0.29) is 4.90 Å². The number of nitriles is 1. The molecule has 8 heteroatoms. The summed E-state index contributed by atoms with van der Waals surface area (Å²) in [6.45, 7) is 0. The summed E-state index contributed by atoms with van der Waals surface area (Å²) in [7, 11) is -3.94. The summed E-state index contributed by atoms with van der Waals surface area (Å²) in [5.41, 5.74) is 3.12. The maximum Gasteiger partial charge on any atom is 0.268 e. The van der Waals surface area contributed by atoms with Crippen molar-refractivity contribution in [2.45, 2.75) is 4.90 Å². The molecular formula is C23H13ClN2O2S3. The number of benzene rings is 2. The number of thiophene rings is 2. The summed E-state index contributed by atoms with van der Waals surface area (Å²) in [4.78, 5) is 0.951. The van der Waals surface area contributed by atoms with Crippen LogP contribution in [0.25, 0.3) is 32.6 Å². The molecule has 4 nitrogen and oxygen atoms in total. The van der Waals surface area contributed by atoms with Gasteiger partial charge in [-0.2, -0.15) is 16.6 Å². The molecule has 0 atom stereocenters. The van der Waals surface area contributed by atoms with Crippen LogP contribution in [-0.4, -0.2) is 12.4 Å². The van der Waals surface area contributed by atoms with Gasteiger partial charge in [-0.05, 0) is 41.8 Å². The first kappa shape index (κ1) is 20.0. The van der Waals surface area contributed by atoms with Gasteiger partial charge in [-0.15, -0.1) is 11.3 Å². The molecule has 0 aliphatic heterocycles. The molecular weight excluding hydrogens is 468 g/mol. The normalized spacial score (nSPS) is 11.6. The third-order valence-corrected chi connectivity index (χ3v) is 8.59. The zero-order valence-corrected chi connectivity index (χ0v) is 19.0. The number of nitrogens with zero attached hydrogens (tertiary/aromatic N) is 2. The van der Waals surface area contributed by atoms with Crippen LogP contribution in [0.15, 0.2) is 81.7 Å². The largest absolute Gasteiger partial charge is 0.268 e. The highest BCUT2D eigenvalue weighted by Crippen LogP contribution is 2.45. The van der Waals surface area contributed by atoms with Crippen LogP contribution in [0.4, 0.5) is 0 Å². The van der Waals surface area contributed by atoms with Crippen LogP contribution in [0.1, 0.15) is 5.56 Å². The van der Waals surface area contributed by atoms with Gasteiger partial charge in [0.25, 0.3) is 10.0 Å². The first-order valence-corrected chi connectivity index (χ1v) is 12.8. The van der Waals surface area contributed by atoms with E-state index < -0.39 is 10.0 Å². The first-order chi connectivity index (χ1) is 15.0. The molecule has 3 heterocycles. The smallest absolute Gasteiger partial charge is 0.232 e. The summed E-state index contributed by atoms with van der Waals surface area (Å²) >= 11 is 8.87. The van der Waals surface area contributed by atoms with E-state index in [1.54, 1.807) is 23.6 Å². The van der Waals surface area contributed by atoms with Crippen LogP contribution in [0.5, 0.6) is 0 Å². The number of para-hydroxylation sites is 1. The summed E-state index contributed by atoms with van der Waals surface area (Å²) in [5, 5.41) is 16.5. The van der Waals surface area contributed by atoms with E-state index in [0.29, 0.717) is 21.8 Å². The zero-order chi connectivity index (χ0) is 21.6. The van der Waals surface area contributed by atoms with Gasteiger partial charge < -0.3 is 0 Å². The van der Waals surface area contributed by atoms with E-state index in [1.165, 1.54) is 38.8 Å². The summed E-state index contributed by atoms with van der Waals surface area (Å²) in [6, 6.07) is 19.6. The third kappa shape index (κ3) is 3.20. The average Bonchev–Trinajstić information content (AvgIpc) is 3.51. The monoisotopic (exact) mass is 480 g/mol. The predicted octanol–water partition coefficient (Wildman–Crippen LogP) is 6.86. The molecule has 0 aliphatic rings. The lowest BCUT2D eigenvalue weighted by molar-refractivity contribution is 0.589. The Morgan fingerprint density at radius 1 is 0.968 bits per heavy atom. The fourth-order valence-corrected chi connectivity index (χ4v) is 6.91. The lowest BCUT2D eigenvalue weighted by atomic mass is 10.0. The Bertz CT molecular complexity index is 1560. The van der Waals surface area contributed by atoms with Crippen molar-refractivity contribution in [2.75, 3.05) is 0 Å². The first-order valence-electron chi connectivity index (χ1n) is 9.17. The Hall–Kier alpha value is -2.89. The molecule has 0 radical (unpaired) electrons. The van der Waals surface area contributed by atoms with E-state index in [2.05, 4.69) is 6.07 Å². The molecule has 0 spiro atoms. The standard InChI is InChI=1S/C23H13ClN2O2S3/c24-16-7-9-17(10-8-16)31(27,28)26-20-5-2-1-4-18(20)22(19-14-29-13-15(19)12-25)23(26)21-6-3-11-30-21/h1-11,13-14H. The van der Waals surface area contributed by atoms with Crippen molar-refractivity contribution in [1.82, 2.24) is 3.97 Å². The van der Waals surface area contributed by atoms with Crippen molar-refractivity contribution >= 4 is 55.2 Å². The molecule has 5 rings (SSSR count). The number of aromatic nitrogens is 1. The van der Waals surface area contributed by atoms with E-state index in [9.17, 15) is 13.7 Å². The molecule has 0 amide bonds. The molecule has 31 heavy (non-hydrogen) atoms.